The molecule has 0 bridgehead atoms. The molecule has 3 rings (SSSR count). The van der Waals surface area contributed by atoms with Crippen LogP contribution in [-0.4, -0.2) is 39.6 Å². The lowest BCUT2D eigenvalue weighted by Gasteiger charge is -2.25. The first-order valence-corrected chi connectivity index (χ1v) is 9.07. The van der Waals surface area contributed by atoms with E-state index in [1.54, 1.807) is 4.68 Å². The summed E-state index contributed by atoms with van der Waals surface area (Å²) in [4.78, 5) is 26.6. The maximum Gasteiger partial charge on any atom is 0.225 e. The van der Waals surface area contributed by atoms with Gasteiger partial charge < -0.3 is 10.2 Å². The Balaban J connectivity index is 1.74. The Bertz CT molecular complexity index is 798. The minimum atomic E-state index is -0.206. The van der Waals surface area contributed by atoms with Crippen molar-refractivity contribution in [1.29, 1.82) is 0 Å². The average molecular weight is 354 g/mol. The highest BCUT2D eigenvalue weighted by atomic mass is 16.2. The summed E-state index contributed by atoms with van der Waals surface area (Å²) in [5.74, 6) is 0.115. The molecule has 0 radical (unpaired) electrons. The zero-order valence-corrected chi connectivity index (χ0v) is 15.7. The lowest BCUT2D eigenvalue weighted by atomic mass is 10.0. The second-order valence-corrected chi connectivity index (χ2v) is 6.92. The molecule has 1 saturated heterocycles. The van der Waals surface area contributed by atoms with Gasteiger partial charge in [0.2, 0.25) is 11.8 Å². The molecule has 138 valence electrons. The molecule has 1 aliphatic heterocycles. The number of carbonyl (C=O) groups excluding carboxylic acids is 2. The number of aromatic nitrogens is 2. The van der Waals surface area contributed by atoms with Crippen molar-refractivity contribution in [3.05, 3.63) is 52.8 Å². The molecule has 1 aliphatic rings. The van der Waals surface area contributed by atoms with Crippen molar-refractivity contribution >= 4 is 11.8 Å². The van der Waals surface area contributed by atoms with E-state index in [9.17, 15) is 9.59 Å². The molecular formula is C20H26N4O2. The van der Waals surface area contributed by atoms with Crippen molar-refractivity contribution < 1.29 is 9.59 Å². The minimum absolute atomic E-state index is 0.0512. The van der Waals surface area contributed by atoms with Gasteiger partial charge in [0.25, 0.3) is 0 Å². The van der Waals surface area contributed by atoms with Crippen LogP contribution in [0.4, 0.5) is 0 Å². The Hall–Kier alpha value is -2.63. The molecule has 2 heterocycles. The molecule has 6 heteroatoms. The molecular weight excluding hydrogens is 328 g/mol. The first-order chi connectivity index (χ1) is 12.5. The molecule has 1 fully saturated rings. The fourth-order valence-corrected chi connectivity index (χ4v) is 3.52. The van der Waals surface area contributed by atoms with Gasteiger partial charge >= 0.3 is 0 Å². The van der Waals surface area contributed by atoms with Crippen LogP contribution in [0.5, 0.6) is 0 Å². The predicted octanol–water partition coefficient (Wildman–Crippen LogP) is 2.06. The summed E-state index contributed by atoms with van der Waals surface area (Å²) in [6.07, 6.45) is 1.79. The van der Waals surface area contributed by atoms with E-state index < -0.39 is 0 Å². The van der Waals surface area contributed by atoms with Gasteiger partial charge in [0.1, 0.15) is 0 Å². The van der Waals surface area contributed by atoms with E-state index in [1.165, 1.54) is 0 Å². The molecule has 26 heavy (non-hydrogen) atoms. The highest BCUT2D eigenvalue weighted by Gasteiger charge is 2.25. The van der Waals surface area contributed by atoms with Crippen LogP contribution < -0.4 is 5.32 Å². The molecule has 2 amide bonds. The van der Waals surface area contributed by atoms with Crippen molar-refractivity contribution in [1.82, 2.24) is 20.0 Å². The first-order valence-electron chi connectivity index (χ1n) is 9.07. The smallest absolute Gasteiger partial charge is 0.225 e. The normalized spacial score (nSPS) is 15.3. The summed E-state index contributed by atoms with van der Waals surface area (Å²) < 4.78 is 1.80. The standard InChI is InChI=1S/C20H26N4O2/c1-14-17(15(2)23(3)22-14)12-19(25)21-18(16-8-5-4-6-9-16)13-24-11-7-10-20(24)26/h4-6,8-9,18H,7,10-13H2,1-3H3,(H,21,25)/t18-/m0/s1. The molecule has 1 aromatic heterocycles. The summed E-state index contributed by atoms with van der Waals surface area (Å²) in [5.41, 5.74) is 3.86. The third-order valence-electron chi connectivity index (χ3n) is 5.11. The number of likely N-dealkylation sites (tertiary alicyclic amines) is 1. The summed E-state index contributed by atoms with van der Waals surface area (Å²) in [6, 6.07) is 9.64. The second-order valence-electron chi connectivity index (χ2n) is 6.92. The molecule has 0 unspecified atom stereocenters. The highest BCUT2D eigenvalue weighted by Crippen LogP contribution is 2.19. The number of hydrogen-bond acceptors (Lipinski definition) is 3. The Labute approximate surface area is 154 Å². The van der Waals surface area contributed by atoms with Crippen LogP contribution in [0.15, 0.2) is 30.3 Å². The van der Waals surface area contributed by atoms with E-state index in [0.717, 1.165) is 35.5 Å². The molecule has 1 N–H and O–H groups in total. The number of aryl methyl sites for hydroxylation is 2. The van der Waals surface area contributed by atoms with Crippen molar-refractivity contribution in [2.24, 2.45) is 7.05 Å². The average Bonchev–Trinajstić information content (AvgIpc) is 3.13. The van der Waals surface area contributed by atoms with Crippen LogP contribution in [0, 0.1) is 13.8 Å². The number of carbonyl (C=O) groups is 2. The zero-order valence-electron chi connectivity index (χ0n) is 15.7. The predicted molar refractivity (Wildman–Crippen MR) is 99.5 cm³/mol. The minimum Gasteiger partial charge on any atom is -0.347 e. The van der Waals surface area contributed by atoms with E-state index in [4.69, 9.17) is 0 Å². The van der Waals surface area contributed by atoms with Gasteiger partial charge in [-0.05, 0) is 25.8 Å². The van der Waals surface area contributed by atoms with E-state index in [1.807, 2.05) is 56.1 Å². The number of rotatable bonds is 6. The van der Waals surface area contributed by atoms with Gasteiger partial charge in [0.15, 0.2) is 0 Å². The maximum atomic E-state index is 12.7. The van der Waals surface area contributed by atoms with Gasteiger partial charge in [-0.1, -0.05) is 30.3 Å². The van der Waals surface area contributed by atoms with E-state index in [2.05, 4.69) is 10.4 Å². The van der Waals surface area contributed by atoms with Gasteiger partial charge in [0, 0.05) is 37.8 Å². The van der Waals surface area contributed by atoms with Gasteiger partial charge in [-0.15, -0.1) is 0 Å². The number of nitrogens with one attached hydrogen (secondary N) is 1. The van der Waals surface area contributed by atoms with Crippen LogP contribution in [-0.2, 0) is 23.1 Å². The van der Waals surface area contributed by atoms with Crippen LogP contribution in [0.25, 0.3) is 0 Å². The third kappa shape index (κ3) is 3.95. The lowest BCUT2D eigenvalue weighted by Crippen LogP contribution is -2.39. The first kappa shape index (κ1) is 18.2. The highest BCUT2D eigenvalue weighted by molar-refractivity contribution is 5.80. The van der Waals surface area contributed by atoms with Gasteiger partial charge in [0.05, 0.1) is 18.2 Å². The third-order valence-corrected chi connectivity index (χ3v) is 5.11. The van der Waals surface area contributed by atoms with E-state index in [0.29, 0.717) is 19.4 Å². The molecule has 1 atom stereocenters. The fraction of sp³-hybridized carbons (Fsp3) is 0.450. The number of amides is 2. The van der Waals surface area contributed by atoms with Gasteiger partial charge in [-0.2, -0.15) is 5.10 Å². The molecule has 6 nitrogen and oxygen atoms in total. The number of benzene rings is 1. The monoisotopic (exact) mass is 354 g/mol. The lowest BCUT2D eigenvalue weighted by molar-refractivity contribution is -0.129. The zero-order chi connectivity index (χ0) is 18.7. The SMILES string of the molecule is Cc1nn(C)c(C)c1CC(=O)N[C@@H](CN1CCCC1=O)c1ccccc1. The van der Waals surface area contributed by atoms with Gasteiger partial charge in [-0.3, -0.25) is 14.3 Å². The van der Waals surface area contributed by atoms with Crippen molar-refractivity contribution in [3.63, 3.8) is 0 Å². The van der Waals surface area contributed by atoms with Crippen LogP contribution in [0.3, 0.4) is 0 Å². The molecule has 1 aromatic carbocycles. The van der Waals surface area contributed by atoms with Crippen LogP contribution >= 0.6 is 0 Å². The number of hydrogen-bond donors (Lipinski definition) is 1. The van der Waals surface area contributed by atoms with Gasteiger partial charge in [-0.25, -0.2) is 0 Å². The quantitative estimate of drug-likeness (QED) is 0.863. The molecule has 0 spiro atoms. The Kier molecular flexibility index (Phi) is 5.40. The van der Waals surface area contributed by atoms with Crippen molar-refractivity contribution in [3.8, 4) is 0 Å². The van der Waals surface area contributed by atoms with E-state index in [-0.39, 0.29) is 17.9 Å². The molecule has 0 aliphatic carbocycles. The summed E-state index contributed by atoms with van der Waals surface area (Å²) in [6.45, 7) is 5.17. The Morgan fingerprint density at radius 3 is 2.58 bits per heavy atom. The topological polar surface area (TPSA) is 67.2 Å². The summed E-state index contributed by atoms with van der Waals surface area (Å²) in [7, 11) is 1.88. The summed E-state index contributed by atoms with van der Waals surface area (Å²) in [5, 5.41) is 7.50. The Morgan fingerprint density at radius 1 is 1.27 bits per heavy atom. The summed E-state index contributed by atoms with van der Waals surface area (Å²) >= 11 is 0. The largest absolute Gasteiger partial charge is 0.347 e. The molecule has 2 aromatic rings. The Morgan fingerprint density at radius 2 is 2.00 bits per heavy atom. The fourth-order valence-electron chi connectivity index (χ4n) is 3.52. The van der Waals surface area contributed by atoms with Crippen molar-refractivity contribution in [2.75, 3.05) is 13.1 Å². The number of nitrogens with zero attached hydrogens (tertiary/aromatic N) is 3. The van der Waals surface area contributed by atoms with Crippen LogP contribution in [0.2, 0.25) is 0 Å². The van der Waals surface area contributed by atoms with Crippen LogP contribution in [0.1, 0.15) is 41.4 Å². The van der Waals surface area contributed by atoms with E-state index >= 15 is 0 Å². The van der Waals surface area contributed by atoms with Crippen molar-refractivity contribution in [2.45, 2.75) is 39.2 Å². The molecule has 0 saturated carbocycles. The maximum absolute atomic E-state index is 12.7. The second kappa shape index (κ2) is 7.72.